The van der Waals surface area contributed by atoms with E-state index < -0.39 is 5.91 Å². The van der Waals surface area contributed by atoms with Crippen LogP contribution in [0.1, 0.15) is 29.8 Å². The van der Waals surface area contributed by atoms with Crippen molar-refractivity contribution in [2.45, 2.75) is 26.7 Å². The molecule has 2 aromatic heterocycles. The van der Waals surface area contributed by atoms with Crippen LogP contribution in [-0.2, 0) is 4.79 Å². The van der Waals surface area contributed by atoms with Crippen LogP contribution in [-0.4, -0.2) is 33.8 Å². The summed E-state index contributed by atoms with van der Waals surface area (Å²) in [5.74, 6) is -0.898. The van der Waals surface area contributed by atoms with Crippen molar-refractivity contribution in [3.63, 3.8) is 0 Å². The normalized spacial score (nSPS) is 14.0. The van der Waals surface area contributed by atoms with Crippen molar-refractivity contribution in [2.75, 3.05) is 23.3 Å². The smallest absolute Gasteiger partial charge is 0.268 e. The van der Waals surface area contributed by atoms with Crippen molar-refractivity contribution >= 4 is 33.6 Å². The van der Waals surface area contributed by atoms with E-state index in [4.69, 9.17) is 0 Å². The fraction of sp³-hybridized carbons (Fsp3) is 0.273. The third-order valence-electron chi connectivity index (χ3n) is 5.24. The lowest BCUT2D eigenvalue weighted by molar-refractivity contribution is -0.112. The Morgan fingerprint density at radius 3 is 2.71 bits per heavy atom. The maximum Gasteiger partial charge on any atom is 0.268 e. The average molecular weight is 437 g/mol. The third-order valence-corrected chi connectivity index (χ3v) is 6.14. The van der Waals surface area contributed by atoms with E-state index in [1.165, 1.54) is 23.5 Å². The number of anilines is 2. The molecule has 4 rings (SSSR count). The van der Waals surface area contributed by atoms with Crippen molar-refractivity contribution in [2.24, 2.45) is 0 Å². The largest absolute Gasteiger partial charge is 0.347 e. The van der Waals surface area contributed by atoms with Crippen LogP contribution >= 0.6 is 11.3 Å². The number of halogens is 1. The molecule has 0 saturated carbocycles. The lowest BCUT2D eigenvalue weighted by atomic mass is 10.1. The number of carbonyl (C=O) groups excluding carboxylic acids is 1. The summed E-state index contributed by atoms with van der Waals surface area (Å²) in [5.41, 5.74) is 2.55. The number of amides is 1. The highest BCUT2D eigenvalue weighted by Gasteiger charge is 2.19. The fourth-order valence-corrected chi connectivity index (χ4v) is 4.50. The van der Waals surface area contributed by atoms with Crippen LogP contribution in [0.15, 0.2) is 35.9 Å². The van der Waals surface area contributed by atoms with Crippen LogP contribution in [0.3, 0.4) is 0 Å². The summed E-state index contributed by atoms with van der Waals surface area (Å²) in [6.07, 6.45) is 3.75. The van der Waals surface area contributed by atoms with Crippen LogP contribution < -0.4 is 10.2 Å². The van der Waals surface area contributed by atoms with Gasteiger partial charge in [0.2, 0.25) is 10.3 Å². The van der Waals surface area contributed by atoms with Crippen LogP contribution in [0.25, 0.3) is 11.8 Å². The molecule has 158 valence electrons. The zero-order valence-corrected chi connectivity index (χ0v) is 18.0. The second-order valence-electron chi connectivity index (χ2n) is 7.32. The molecule has 1 aromatic carbocycles. The first-order valence-electron chi connectivity index (χ1n) is 9.93. The fourth-order valence-electron chi connectivity index (χ4n) is 3.71. The minimum Gasteiger partial charge on any atom is -0.347 e. The van der Waals surface area contributed by atoms with Gasteiger partial charge in [0, 0.05) is 24.5 Å². The highest BCUT2D eigenvalue weighted by molar-refractivity contribution is 7.19. The lowest BCUT2D eigenvalue weighted by Crippen LogP contribution is -2.17. The summed E-state index contributed by atoms with van der Waals surface area (Å²) in [7, 11) is 0. The predicted molar refractivity (Wildman–Crippen MR) is 119 cm³/mol. The molecule has 0 atom stereocenters. The summed E-state index contributed by atoms with van der Waals surface area (Å²) in [5, 5.41) is 21.5. The van der Waals surface area contributed by atoms with E-state index in [1.807, 2.05) is 26.0 Å². The Bertz CT molecular complexity index is 1200. The molecule has 9 heteroatoms. The molecule has 0 bridgehead atoms. The van der Waals surface area contributed by atoms with Gasteiger partial charge in [-0.1, -0.05) is 23.5 Å². The van der Waals surface area contributed by atoms with Crippen molar-refractivity contribution < 1.29 is 9.18 Å². The van der Waals surface area contributed by atoms with Gasteiger partial charge >= 0.3 is 0 Å². The van der Waals surface area contributed by atoms with E-state index in [0.717, 1.165) is 42.5 Å². The Morgan fingerprint density at radius 1 is 1.26 bits per heavy atom. The number of hydrogen-bond donors (Lipinski definition) is 1. The first kappa shape index (κ1) is 20.8. The van der Waals surface area contributed by atoms with Crippen LogP contribution in [0.5, 0.6) is 0 Å². The molecule has 1 N–H and O–H groups in total. The van der Waals surface area contributed by atoms with Gasteiger partial charge in [-0.05, 0) is 56.5 Å². The Hall–Kier alpha value is -3.51. The highest BCUT2D eigenvalue weighted by Crippen LogP contribution is 2.28. The van der Waals surface area contributed by atoms with Gasteiger partial charge in [-0.25, -0.2) is 4.39 Å². The van der Waals surface area contributed by atoms with E-state index in [-0.39, 0.29) is 11.4 Å². The molecule has 3 aromatic rings. The summed E-state index contributed by atoms with van der Waals surface area (Å²) in [4.78, 5) is 14.8. The topological polar surface area (TPSA) is 86.8 Å². The molecule has 7 nitrogen and oxygen atoms in total. The number of nitriles is 1. The number of aromatic nitrogens is 3. The molecule has 1 aliphatic heterocycles. The van der Waals surface area contributed by atoms with Gasteiger partial charge in [-0.15, -0.1) is 10.2 Å². The van der Waals surface area contributed by atoms with Gasteiger partial charge in [0.15, 0.2) is 0 Å². The maximum absolute atomic E-state index is 14.3. The van der Waals surface area contributed by atoms with Crippen LogP contribution in [0, 0.1) is 31.0 Å². The van der Waals surface area contributed by atoms with Gasteiger partial charge in [-0.2, -0.15) is 5.26 Å². The number of para-hydroxylation sites is 1. The Labute approximate surface area is 183 Å². The van der Waals surface area contributed by atoms with Gasteiger partial charge in [-0.3, -0.25) is 10.1 Å². The van der Waals surface area contributed by atoms with E-state index in [0.29, 0.717) is 16.4 Å². The molecular formula is C22H21FN6OS. The molecule has 0 spiro atoms. The standard InChI is InChI=1S/C22H21FN6OS/c1-14-11-16(15(2)29(14)19-8-4-3-7-18(19)23)12-17(13-24)20(30)25-21-26-27-22(31-21)28-9-5-6-10-28/h3-4,7-8,11-12H,5-6,9-10H2,1-2H3,(H,25,26,30)/b17-12-. The molecule has 0 unspecified atom stereocenters. The summed E-state index contributed by atoms with van der Waals surface area (Å²) >= 11 is 1.29. The van der Waals surface area contributed by atoms with Crippen molar-refractivity contribution in [3.05, 3.63) is 58.7 Å². The Balaban J connectivity index is 1.57. The quantitative estimate of drug-likeness (QED) is 0.478. The zero-order valence-electron chi connectivity index (χ0n) is 17.2. The number of benzene rings is 1. The second kappa shape index (κ2) is 8.70. The van der Waals surface area contributed by atoms with Crippen molar-refractivity contribution in [1.82, 2.24) is 14.8 Å². The zero-order chi connectivity index (χ0) is 22.0. The number of aryl methyl sites for hydroxylation is 1. The van der Waals surface area contributed by atoms with E-state index >= 15 is 0 Å². The maximum atomic E-state index is 14.3. The van der Waals surface area contributed by atoms with E-state index in [9.17, 15) is 14.4 Å². The molecule has 31 heavy (non-hydrogen) atoms. The van der Waals surface area contributed by atoms with E-state index in [2.05, 4.69) is 20.4 Å². The van der Waals surface area contributed by atoms with Gasteiger partial charge in [0.05, 0.1) is 5.69 Å². The molecule has 1 aliphatic rings. The minimum atomic E-state index is -0.553. The van der Waals surface area contributed by atoms with Gasteiger partial charge in [0.1, 0.15) is 17.5 Å². The average Bonchev–Trinajstić information content (AvgIpc) is 3.48. The SMILES string of the molecule is Cc1cc(/C=C(/C#N)C(=O)Nc2nnc(N3CCCC3)s2)c(C)n1-c1ccccc1F. The number of carbonyl (C=O) groups is 1. The monoisotopic (exact) mass is 436 g/mol. The molecule has 1 saturated heterocycles. The lowest BCUT2D eigenvalue weighted by Gasteiger charge is -2.11. The van der Waals surface area contributed by atoms with Gasteiger partial charge < -0.3 is 9.47 Å². The van der Waals surface area contributed by atoms with Crippen LogP contribution in [0.2, 0.25) is 0 Å². The molecule has 1 fully saturated rings. The van der Waals surface area contributed by atoms with Gasteiger partial charge in [0.25, 0.3) is 5.91 Å². The summed E-state index contributed by atoms with van der Waals surface area (Å²) in [6, 6.07) is 10.3. The minimum absolute atomic E-state index is 0.0632. The second-order valence-corrected chi connectivity index (χ2v) is 8.28. The van der Waals surface area contributed by atoms with E-state index in [1.54, 1.807) is 22.8 Å². The molecular weight excluding hydrogens is 415 g/mol. The van der Waals surface area contributed by atoms with Crippen molar-refractivity contribution in [3.8, 4) is 11.8 Å². The predicted octanol–water partition coefficient (Wildman–Crippen LogP) is 4.23. The number of nitrogens with zero attached hydrogens (tertiary/aromatic N) is 5. The molecule has 3 heterocycles. The number of nitrogens with one attached hydrogen (secondary N) is 1. The highest BCUT2D eigenvalue weighted by atomic mass is 32.1. The van der Waals surface area contributed by atoms with Crippen LogP contribution in [0.4, 0.5) is 14.7 Å². The summed E-state index contributed by atoms with van der Waals surface area (Å²) in [6.45, 7) is 5.54. The summed E-state index contributed by atoms with van der Waals surface area (Å²) < 4.78 is 16.1. The molecule has 1 amide bonds. The van der Waals surface area contributed by atoms with Crippen molar-refractivity contribution in [1.29, 1.82) is 5.26 Å². The molecule has 0 radical (unpaired) electrons. The Morgan fingerprint density at radius 2 is 2.00 bits per heavy atom. The third kappa shape index (κ3) is 4.20. The number of rotatable bonds is 5. The first-order valence-corrected chi connectivity index (χ1v) is 10.7. The number of hydrogen-bond acceptors (Lipinski definition) is 6. The Kier molecular flexibility index (Phi) is 5.82. The molecule has 0 aliphatic carbocycles. The first-order chi connectivity index (χ1) is 15.0.